The lowest BCUT2D eigenvalue weighted by molar-refractivity contribution is -0.0440. The first-order chi connectivity index (χ1) is 15.3. The van der Waals surface area contributed by atoms with Gasteiger partial charge in [-0.3, -0.25) is 4.79 Å². The predicted octanol–water partition coefficient (Wildman–Crippen LogP) is 2.69. The van der Waals surface area contributed by atoms with Gasteiger partial charge in [0.1, 0.15) is 18.1 Å². The van der Waals surface area contributed by atoms with Crippen LogP contribution in [0.25, 0.3) is 0 Å². The second-order valence-electron chi connectivity index (χ2n) is 7.61. The Morgan fingerprint density at radius 2 is 1.56 bits per heavy atom. The predicted molar refractivity (Wildman–Crippen MR) is 121 cm³/mol. The summed E-state index contributed by atoms with van der Waals surface area (Å²) in [6, 6.07) is 13.2. The number of hydrogen-bond acceptors (Lipinski definition) is 6. The fourth-order valence-corrected chi connectivity index (χ4v) is 5.08. The van der Waals surface area contributed by atoms with Crippen molar-refractivity contribution in [3.05, 3.63) is 54.1 Å². The lowest BCUT2D eigenvalue weighted by Gasteiger charge is -2.34. The number of nitrogens with one attached hydrogen (secondary N) is 1. The molecular formula is C23H30N2O6S. The lowest BCUT2D eigenvalue weighted by Crippen LogP contribution is -2.48. The van der Waals surface area contributed by atoms with E-state index in [4.69, 9.17) is 14.2 Å². The van der Waals surface area contributed by atoms with Gasteiger partial charge in [0.15, 0.2) is 0 Å². The highest BCUT2D eigenvalue weighted by Crippen LogP contribution is 2.21. The van der Waals surface area contributed by atoms with Gasteiger partial charge < -0.3 is 19.5 Å². The number of nitrogens with zero attached hydrogens (tertiary/aromatic N) is 1. The zero-order valence-electron chi connectivity index (χ0n) is 18.6. The standard InChI is InChI=1S/C23H30N2O6S/c1-4-29-20-7-9-21(10-8-20)30-14-13-24-23(26)19-5-11-22(12-6-19)32(27,28)25-15-17(2)31-18(3)16-25/h5-12,17-18H,4,13-16H2,1-3H3,(H,24,26). The van der Waals surface area contributed by atoms with E-state index in [1.165, 1.54) is 28.6 Å². The van der Waals surface area contributed by atoms with E-state index < -0.39 is 10.0 Å². The van der Waals surface area contributed by atoms with Crippen molar-refractivity contribution in [3.8, 4) is 11.5 Å². The molecule has 0 aliphatic carbocycles. The fraction of sp³-hybridized carbons (Fsp3) is 0.435. The molecule has 2 atom stereocenters. The Hall–Kier alpha value is -2.62. The van der Waals surface area contributed by atoms with Crippen LogP contribution in [0.1, 0.15) is 31.1 Å². The van der Waals surface area contributed by atoms with E-state index in [-0.39, 0.29) is 23.0 Å². The van der Waals surface area contributed by atoms with Gasteiger partial charge in [0.2, 0.25) is 10.0 Å². The van der Waals surface area contributed by atoms with Crippen molar-refractivity contribution in [2.24, 2.45) is 0 Å². The van der Waals surface area contributed by atoms with Crippen LogP contribution in [0.15, 0.2) is 53.4 Å². The van der Waals surface area contributed by atoms with Crippen LogP contribution in [0.4, 0.5) is 0 Å². The van der Waals surface area contributed by atoms with Gasteiger partial charge in [-0.25, -0.2) is 8.42 Å². The van der Waals surface area contributed by atoms with Gasteiger partial charge in [-0.05, 0) is 69.3 Å². The first-order valence-electron chi connectivity index (χ1n) is 10.7. The largest absolute Gasteiger partial charge is 0.494 e. The number of hydrogen-bond donors (Lipinski definition) is 1. The van der Waals surface area contributed by atoms with E-state index in [0.29, 0.717) is 44.2 Å². The smallest absolute Gasteiger partial charge is 0.251 e. The van der Waals surface area contributed by atoms with Gasteiger partial charge in [0.25, 0.3) is 5.91 Å². The number of ether oxygens (including phenoxy) is 3. The van der Waals surface area contributed by atoms with Crippen LogP contribution in [-0.4, -0.2) is 63.7 Å². The van der Waals surface area contributed by atoms with E-state index in [0.717, 1.165) is 5.75 Å². The summed E-state index contributed by atoms with van der Waals surface area (Å²) in [5.74, 6) is 1.16. The molecule has 0 spiro atoms. The van der Waals surface area contributed by atoms with Crippen molar-refractivity contribution < 1.29 is 27.4 Å². The summed E-state index contributed by atoms with van der Waals surface area (Å²) in [4.78, 5) is 12.5. The Labute approximate surface area is 189 Å². The Morgan fingerprint density at radius 3 is 2.12 bits per heavy atom. The molecule has 2 aromatic rings. The Kier molecular flexibility index (Phi) is 8.11. The molecule has 0 bridgehead atoms. The normalized spacial score (nSPS) is 19.3. The van der Waals surface area contributed by atoms with E-state index in [2.05, 4.69) is 5.32 Å². The third kappa shape index (κ3) is 6.21. The van der Waals surface area contributed by atoms with Crippen LogP contribution in [0.3, 0.4) is 0 Å². The molecule has 3 rings (SSSR count). The molecule has 1 N–H and O–H groups in total. The molecule has 8 nitrogen and oxygen atoms in total. The van der Waals surface area contributed by atoms with Crippen molar-refractivity contribution in [1.29, 1.82) is 0 Å². The summed E-state index contributed by atoms with van der Waals surface area (Å²) >= 11 is 0. The quantitative estimate of drug-likeness (QED) is 0.576. The molecule has 2 unspecified atom stereocenters. The van der Waals surface area contributed by atoms with Gasteiger partial charge in [-0.1, -0.05) is 0 Å². The third-order valence-electron chi connectivity index (χ3n) is 4.93. The summed E-state index contributed by atoms with van der Waals surface area (Å²) in [6.45, 7) is 7.47. The van der Waals surface area contributed by atoms with Crippen molar-refractivity contribution in [3.63, 3.8) is 0 Å². The van der Waals surface area contributed by atoms with E-state index in [9.17, 15) is 13.2 Å². The number of benzene rings is 2. The van der Waals surface area contributed by atoms with Crippen LogP contribution in [0.5, 0.6) is 11.5 Å². The van der Waals surface area contributed by atoms with E-state index in [1.807, 2.05) is 45.0 Å². The number of rotatable bonds is 9. The third-order valence-corrected chi connectivity index (χ3v) is 6.78. The van der Waals surface area contributed by atoms with E-state index >= 15 is 0 Å². The monoisotopic (exact) mass is 462 g/mol. The maximum atomic E-state index is 12.9. The first kappa shape index (κ1) is 24.0. The SMILES string of the molecule is CCOc1ccc(OCCNC(=O)c2ccc(S(=O)(=O)N3CC(C)OC(C)C3)cc2)cc1. The molecule has 32 heavy (non-hydrogen) atoms. The first-order valence-corrected chi connectivity index (χ1v) is 12.1. The molecule has 174 valence electrons. The maximum absolute atomic E-state index is 12.9. The number of carbonyl (C=O) groups is 1. The molecular weight excluding hydrogens is 432 g/mol. The minimum Gasteiger partial charge on any atom is -0.494 e. The van der Waals surface area contributed by atoms with Crippen LogP contribution in [0.2, 0.25) is 0 Å². The average molecular weight is 463 g/mol. The van der Waals surface area contributed by atoms with Crippen LogP contribution in [-0.2, 0) is 14.8 Å². The van der Waals surface area contributed by atoms with Crippen molar-refractivity contribution in [2.45, 2.75) is 37.9 Å². The second-order valence-corrected chi connectivity index (χ2v) is 9.55. The van der Waals surface area contributed by atoms with Gasteiger partial charge in [0.05, 0.1) is 30.3 Å². The summed E-state index contributed by atoms with van der Waals surface area (Å²) in [5.41, 5.74) is 0.383. The Balaban J connectivity index is 1.50. The van der Waals surface area contributed by atoms with Gasteiger partial charge in [-0.15, -0.1) is 0 Å². The number of carbonyl (C=O) groups excluding carboxylic acids is 1. The highest BCUT2D eigenvalue weighted by molar-refractivity contribution is 7.89. The van der Waals surface area contributed by atoms with Crippen molar-refractivity contribution in [2.75, 3.05) is 32.8 Å². The molecule has 1 saturated heterocycles. The zero-order valence-corrected chi connectivity index (χ0v) is 19.4. The summed E-state index contributed by atoms with van der Waals surface area (Å²) in [7, 11) is -3.64. The second kappa shape index (κ2) is 10.8. The summed E-state index contributed by atoms with van der Waals surface area (Å²) < 4.78 is 43.8. The Bertz CT molecular complexity index is 982. The van der Waals surface area contributed by atoms with E-state index in [1.54, 1.807) is 0 Å². The fourth-order valence-electron chi connectivity index (χ4n) is 3.49. The minimum absolute atomic E-state index is 0.161. The average Bonchev–Trinajstić information content (AvgIpc) is 2.77. The lowest BCUT2D eigenvalue weighted by atomic mass is 10.2. The van der Waals surface area contributed by atoms with Crippen molar-refractivity contribution >= 4 is 15.9 Å². The molecule has 1 amide bonds. The molecule has 9 heteroatoms. The number of morpholine rings is 1. The summed E-state index contributed by atoms with van der Waals surface area (Å²) in [5, 5.41) is 2.77. The van der Waals surface area contributed by atoms with Gasteiger partial charge in [-0.2, -0.15) is 4.31 Å². The van der Waals surface area contributed by atoms with Gasteiger partial charge >= 0.3 is 0 Å². The minimum atomic E-state index is -3.64. The van der Waals surface area contributed by atoms with Crippen molar-refractivity contribution in [1.82, 2.24) is 9.62 Å². The molecule has 1 aliphatic rings. The number of amides is 1. The molecule has 1 heterocycles. The van der Waals surface area contributed by atoms with Gasteiger partial charge in [0, 0.05) is 18.7 Å². The van der Waals surface area contributed by atoms with Crippen LogP contribution < -0.4 is 14.8 Å². The molecule has 0 saturated carbocycles. The highest BCUT2D eigenvalue weighted by Gasteiger charge is 2.32. The molecule has 0 radical (unpaired) electrons. The maximum Gasteiger partial charge on any atom is 0.251 e. The molecule has 1 fully saturated rings. The molecule has 1 aliphatic heterocycles. The van der Waals surface area contributed by atoms with Crippen LogP contribution in [0, 0.1) is 0 Å². The van der Waals surface area contributed by atoms with Crippen LogP contribution >= 0.6 is 0 Å². The topological polar surface area (TPSA) is 94.2 Å². The highest BCUT2D eigenvalue weighted by atomic mass is 32.2. The zero-order chi connectivity index (χ0) is 23.1. The molecule has 2 aromatic carbocycles. The summed E-state index contributed by atoms with van der Waals surface area (Å²) in [6.07, 6.45) is -0.327. The Morgan fingerprint density at radius 1 is 1.00 bits per heavy atom. The molecule has 0 aromatic heterocycles. The number of sulfonamides is 1.